The van der Waals surface area contributed by atoms with E-state index in [1.54, 1.807) is 24.8 Å². The molecule has 0 spiro atoms. The number of aromatic nitrogens is 3. The topological polar surface area (TPSA) is 142 Å². The van der Waals surface area contributed by atoms with Crippen LogP contribution < -0.4 is 26.0 Å². The van der Waals surface area contributed by atoms with Crippen molar-refractivity contribution in [3.63, 3.8) is 0 Å². The van der Waals surface area contributed by atoms with E-state index in [1.807, 2.05) is 42.0 Å². The van der Waals surface area contributed by atoms with E-state index in [-0.39, 0.29) is 5.91 Å². The molecule has 0 unspecified atom stereocenters. The van der Waals surface area contributed by atoms with Crippen LogP contribution in [0.25, 0.3) is 11.0 Å². The Bertz CT molecular complexity index is 1480. The molecule has 0 saturated carbocycles. The van der Waals surface area contributed by atoms with E-state index in [9.17, 15) is 9.59 Å². The van der Waals surface area contributed by atoms with E-state index < -0.39 is 5.91 Å². The molecular weight excluding hydrogens is 492 g/mol. The number of carbonyl (C=O) groups is 2. The summed E-state index contributed by atoms with van der Waals surface area (Å²) < 4.78 is 5.65. The first-order valence-electron chi connectivity index (χ1n) is 11.8. The van der Waals surface area contributed by atoms with Gasteiger partial charge in [0.25, 0.3) is 5.91 Å². The van der Waals surface area contributed by atoms with Crippen LogP contribution >= 0.6 is 11.3 Å². The molecule has 5 N–H and O–H groups in total. The molecule has 4 heterocycles. The van der Waals surface area contributed by atoms with Crippen molar-refractivity contribution in [3.8, 4) is 5.75 Å². The summed E-state index contributed by atoms with van der Waals surface area (Å²) in [6.07, 6.45) is 2.53. The van der Waals surface area contributed by atoms with Gasteiger partial charge < -0.3 is 31.0 Å². The highest BCUT2D eigenvalue weighted by Crippen LogP contribution is 2.39. The van der Waals surface area contributed by atoms with Gasteiger partial charge in [0.1, 0.15) is 22.1 Å². The number of thiophene rings is 1. The zero-order valence-electron chi connectivity index (χ0n) is 20.8. The van der Waals surface area contributed by atoms with Crippen LogP contribution in [-0.4, -0.2) is 65.5 Å². The summed E-state index contributed by atoms with van der Waals surface area (Å²) in [6, 6.07) is 7.49. The molecule has 1 aliphatic heterocycles. The number of H-pyrrole nitrogens is 1. The maximum Gasteiger partial charge on any atom is 0.260 e. The third kappa shape index (κ3) is 4.80. The summed E-state index contributed by atoms with van der Waals surface area (Å²) in [5, 5.41) is 9.02. The number of methoxy groups -OCH3 is 1. The van der Waals surface area contributed by atoms with Crippen LogP contribution in [-0.2, 0) is 11.2 Å². The molecule has 192 valence electrons. The molecule has 0 fully saturated rings. The highest BCUT2D eigenvalue weighted by Gasteiger charge is 2.27. The fraction of sp³-hybridized carbons (Fsp3) is 0.280. The van der Waals surface area contributed by atoms with Gasteiger partial charge in [-0.1, -0.05) is 6.92 Å². The van der Waals surface area contributed by atoms with Gasteiger partial charge >= 0.3 is 0 Å². The van der Waals surface area contributed by atoms with Crippen LogP contribution in [0, 0.1) is 0 Å². The van der Waals surface area contributed by atoms with Gasteiger partial charge in [-0.3, -0.25) is 14.5 Å². The Morgan fingerprint density at radius 1 is 1.24 bits per heavy atom. The number of carbonyl (C=O) groups excluding carboxylic acids is 2. The van der Waals surface area contributed by atoms with Gasteiger partial charge in [-0.25, -0.2) is 0 Å². The number of fused-ring (bicyclic) bond motifs is 2. The van der Waals surface area contributed by atoms with Crippen LogP contribution in [0.1, 0.15) is 22.2 Å². The predicted octanol–water partition coefficient (Wildman–Crippen LogP) is 3.45. The average molecular weight is 521 g/mol. The van der Waals surface area contributed by atoms with E-state index in [0.717, 1.165) is 29.6 Å². The lowest BCUT2D eigenvalue weighted by molar-refractivity contribution is -0.119. The van der Waals surface area contributed by atoms with Crippen molar-refractivity contribution >= 4 is 63.0 Å². The van der Waals surface area contributed by atoms with Gasteiger partial charge in [-0.05, 0) is 55.2 Å². The van der Waals surface area contributed by atoms with Crippen LogP contribution in [0.5, 0.6) is 5.75 Å². The van der Waals surface area contributed by atoms with Crippen molar-refractivity contribution in [1.29, 1.82) is 0 Å². The first kappa shape index (κ1) is 24.5. The number of rotatable bonds is 9. The second kappa shape index (κ2) is 10.1. The van der Waals surface area contributed by atoms with Gasteiger partial charge in [0.15, 0.2) is 0 Å². The Balaban J connectivity index is 1.48. The fourth-order valence-corrected chi connectivity index (χ4v) is 5.01. The van der Waals surface area contributed by atoms with Crippen molar-refractivity contribution in [2.45, 2.75) is 13.3 Å². The zero-order valence-corrected chi connectivity index (χ0v) is 21.6. The summed E-state index contributed by atoms with van der Waals surface area (Å²) in [6.45, 7) is 3.79. The van der Waals surface area contributed by atoms with E-state index in [1.165, 1.54) is 11.3 Å². The fourth-order valence-electron chi connectivity index (χ4n) is 4.31. The van der Waals surface area contributed by atoms with Crippen molar-refractivity contribution in [1.82, 2.24) is 19.9 Å². The lowest BCUT2D eigenvalue weighted by Gasteiger charge is -2.22. The molecule has 11 nitrogen and oxygen atoms in total. The standard InChI is InChI=1S/C25H28N8O3S/c1-4-32(2)13-20(34)33-9-6-14-11-19(36-3)17(12-18(14)33)29-25-30-23-15(5-8-27-23)24(31-25)28-16-7-10-37-21(16)22(26)35/h5,7-8,10-12H,4,6,9,13H2,1-3H3,(H2,26,35)(H3,27,28,29,30,31). The number of ether oxygens (including phenoxy) is 1. The molecule has 0 bridgehead atoms. The molecule has 5 rings (SSSR count). The Morgan fingerprint density at radius 3 is 2.84 bits per heavy atom. The molecule has 4 aromatic rings. The zero-order chi connectivity index (χ0) is 26.1. The third-order valence-electron chi connectivity index (χ3n) is 6.35. The Morgan fingerprint density at radius 2 is 2.08 bits per heavy atom. The van der Waals surface area contributed by atoms with Gasteiger partial charge in [-0.2, -0.15) is 9.97 Å². The van der Waals surface area contributed by atoms with E-state index in [0.29, 0.717) is 52.5 Å². The Hall–Kier alpha value is -4.16. The molecule has 0 radical (unpaired) electrons. The van der Waals surface area contributed by atoms with Crippen molar-refractivity contribution in [3.05, 3.63) is 46.3 Å². The van der Waals surface area contributed by atoms with Gasteiger partial charge in [-0.15, -0.1) is 11.3 Å². The molecule has 0 aliphatic carbocycles. The summed E-state index contributed by atoms with van der Waals surface area (Å²) in [4.78, 5) is 41.4. The minimum absolute atomic E-state index is 0.0516. The van der Waals surface area contributed by atoms with Crippen LogP contribution in [0.3, 0.4) is 0 Å². The molecule has 37 heavy (non-hydrogen) atoms. The molecule has 12 heteroatoms. The number of hydrogen-bond donors (Lipinski definition) is 4. The van der Waals surface area contributed by atoms with E-state index >= 15 is 0 Å². The van der Waals surface area contributed by atoms with Gasteiger partial charge in [0, 0.05) is 18.4 Å². The maximum absolute atomic E-state index is 13.0. The highest BCUT2D eigenvalue weighted by atomic mass is 32.1. The van der Waals surface area contributed by atoms with E-state index in [2.05, 4.69) is 25.6 Å². The summed E-state index contributed by atoms with van der Waals surface area (Å²) in [5.41, 5.74) is 9.23. The summed E-state index contributed by atoms with van der Waals surface area (Å²) >= 11 is 1.26. The number of aromatic amines is 1. The monoisotopic (exact) mass is 520 g/mol. The van der Waals surface area contributed by atoms with Crippen molar-refractivity contribution < 1.29 is 14.3 Å². The Kier molecular flexibility index (Phi) is 6.68. The number of amides is 2. The van der Waals surface area contributed by atoms with Crippen molar-refractivity contribution in [2.24, 2.45) is 5.73 Å². The smallest absolute Gasteiger partial charge is 0.260 e. The molecule has 3 aromatic heterocycles. The SMILES string of the molecule is CCN(C)CC(=O)N1CCc2cc(OC)c(Nc3nc(Nc4ccsc4C(N)=O)c4cc[nH]c4n3)cc21. The lowest BCUT2D eigenvalue weighted by Crippen LogP contribution is -2.38. The molecule has 1 aliphatic rings. The number of likely N-dealkylation sites (N-methyl/N-ethyl adjacent to an activating group) is 1. The van der Waals surface area contributed by atoms with Crippen LogP contribution in [0.2, 0.25) is 0 Å². The third-order valence-corrected chi connectivity index (χ3v) is 7.28. The van der Waals surface area contributed by atoms with Crippen LogP contribution in [0.15, 0.2) is 35.8 Å². The number of nitrogens with one attached hydrogen (secondary N) is 3. The summed E-state index contributed by atoms with van der Waals surface area (Å²) in [5.74, 6) is 0.984. The van der Waals surface area contributed by atoms with Gasteiger partial charge in [0.05, 0.1) is 30.4 Å². The van der Waals surface area contributed by atoms with Crippen molar-refractivity contribution in [2.75, 3.05) is 49.3 Å². The quantitative estimate of drug-likeness (QED) is 0.263. The normalized spacial score (nSPS) is 12.7. The second-order valence-electron chi connectivity index (χ2n) is 8.72. The molecule has 0 saturated heterocycles. The second-order valence-corrected chi connectivity index (χ2v) is 9.64. The van der Waals surface area contributed by atoms with Gasteiger partial charge in [0.2, 0.25) is 11.9 Å². The highest BCUT2D eigenvalue weighted by molar-refractivity contribution is 7.12. The Labute approximate surface area is 217 Å². The molecular formula is C25H28N8O3S. The number of nitrogens with two attached hydrogens (primary N) is 1. The number of benzene rings is 1. The van der Waals surface area contributed by atoms with Crippen LogP contribution in [0.4, 0.5) is 28.8 Å². The number of hydrogen-bond acceptors (Lipinski definition) is 9. The predicted molar refractivity (Wildman–Crippen MR) is 146 cm³/mol. The molecule has 1 aromatic carbocycles. The number of anilines is 5. The maximum atomic E-state index is 13.0. The largest absolute Gasteiger partial charge is 0.495 e. The number of nitrogens with zero attached hydrogens (tertiary/aromatic N) is 4. The first-order valence-corrected chi connectivity index (χ1v) is 12.7. The minimum Gasteiger partial charge on any atom is -0.495 e. The van der Waals surface area contributed by atoms with E-state index in [4.69, 9.17) is 10.5 Å². The lowest BCUT2D eigenvalue weighted by atomic mass is 10.1. The first-order chi connectivity index (χ1) is 17.9. The number of primary amides is 1. The molecule has 0 atom stereocenters. The molecule has 2 amide bonds. The minimum atomic E-state index is -0.512. The average Bonchev–Trinajstić information content (AvgIpc) is 3.62. The summed E-state index contributed by atoms with van der Waals surface area (Å²) in [7, 11) is 3.53.